The van der Waals surface area contributed by atoms with Gasteiger partial charge in [-0.05, 0) is 315 Å². The van der Waals surface area contributed by atoms with E-state index in [2.05, 4.69) is 316 Å². The highest BCUT2D eigenvalue weighted by molar-refractivity contribution is 5.52. The molecule has 0 amide bonds. The number of aromatic nitrogens is 9. The molecule has 0 atom stereocenters. The average molecular weight is 1770 g/mol. The predicted molar refractivity (Wildman–Crippen MR) is 544 cm³/mol. The number of hydrogen-bond acceptors (Lipinski definition) is 23. The van der Waals surface area contributed by atoms with E-state index >= 15 is 0 Å². The summed E-state index contributed by atoms with van der Waals surface area (Å²) >= 11 is 0. The summed E-state index contributed by atoms with van der Waals surface area (Å²) in [4.78, 5) is 87.6. The zero-order chi connectivity index (χ0) is 94.1. The molecule has 8 rings (SSSR count). The second kappa shape index (κ2) is 45.8. The van der Waals surface area contributed by atoms with Crippen molar-refractivity contribution in [1.29, 1.82) is 0 Å². The van der Waals surface area contributed by atoms with Crippen molar-refractivity contribution < 1.29 is 0 Å². The van der Waals surface area contributed by atoms with Crippen molar-refractivity contribution in [2.45, 2.75) is 478 Å². The van der Waals surface area contributed by atoms with Crippen LogP contribution in [0.2, 0.25) is 0 Å². The number of piperidine rings is 5. The van der Waals surface area contributed by atoms with Crippen LogP contribution in [0.15, 0.2) is 24.2 Å². The maximum absolute atomic E-state index is 6.17. The van der Waals surface area contributed by atoms with Gasteiger partial charge >= 0.3 is 0 Å². The van der Waals surface area contributed by atoms with Crippen LogP contribution in [0.3, 0.4) is 0 Å². The molecule has 0 aromatic carbocycles. The minimum atomic E-state index is -0.0910. The molecular formula is C104H193N23. The first-order valence-electron chi connectivity index (χ1n) is 51.4. The van der Waals surface area contributed by atoms with Crippen molar-refractivity contribution in [3.63, 3.8) is 0 Å². The lowest BCUT2D eigenvalue weighted by Gasteiger charge is -2.56. The highest BCUT2D eigenvalue weighted by Gasteiger charge is 2.52. The molecule has 5 aliphatic heterocycles. The molecule has 0 radical (unpaired) electrons. The monoisotopic (exact) mass is 1760 g/mol. The Bertz CT molecular complexity index is 3800. The van der Waals surface area contributed by atoms with Crippen molar-refractivity contribution >= 4 is 53.5 Å². The molecule has 0 unspecified atom stereocenters. The van der Waals surface area contributed by atoms with Crippen molar-refractivity contribution in [3.8, 4) is 0 Å². The van der Waals surface area contributed by atoms with Crippen LogP contribution >= 0.6 is 0 Å². The van der Waals surface area contributed by atoms with E-state index < -0.39 is 0 Å². The molecule has 8 heterocycles. The third-order valence-electron chi connectivity index (χ3n) is 31.8. The molecule has 5 aliphatic rings. The number of anilines is 9. The first-order chi connectivity index (χ1) is 59.5. The van der Waals surface area contributed by atoms with Gasteiger partial charge in [0.2, 0.25) is 53.5 Å². The van der Waals surface area contributed by atoms with E-state index in [9.17, 15) is 0 Å². The molecule has 0 saturated carbocycles. The fourth-order valence-corrected chi connectivity index (χ4v) is 22.5. The number of nitrogens with zero attached hydrogens (tertiary/aromatic N) is 23. The Morgan fingerprint density at radius 3 is 0.693 bits per heavy atom. The van der Waals surface area contributed by atoms with Crippen LogP contribution in [0.1, 0.15) is 392 Å². The van der Waals surface area contributed by atoms with E-state index in [-0.39, 0.29) is 85.6 Å². The van der Waals surface area contributed by atoms with Crippen LogP contribution in [-0.2, 0) is 0 Å². The summed E-state index contributed by atoms with van der Waals surface area (Å²) in [7, 11) is 13.9. The van der Waals surface area contributed by atoms with E-state index in [1.165, 1.54) is 0 Å². The summed E-state index contributed by atoms with van der Waals surface area (Å²) in [6.07, 6.45) is 35.5. The number of hydrogen-bond donors (Lipinski definition) is 0. The van der Waals surface area contributed by atoms with Crippen LogP contribution in [0.4, 0.5) is 53.5 Å². The van der Waals surface area contributed by atoms with Crippen molar-refractivity contribution in [1.82, 2.24) is 69.4 Å². The number of likely N-dealkylation sites (tertiary alicyclic amines) is 5. The Kier molecular flexibility index (Phi) is 38.5. The molecule has 3 aromatic heterocycles. The van der Waals surface area contributed by atoms with Crippen molar-refractivity contribution in [2.24, 2.45) is 0 Å². The van der Waals surface area contributed by atoms with E-state index in [1.807, 2.05) is 6.20 Å². The van der Waals surface area contributed by atoms with Gasteiger partial charge in [0.05, 0.1) is 6.20 Å². The SMILES string of the molecule is C=C=C=CN(CCCC)c1nc(N(CCCC)CCCC)nc(N(CCCCCCN(c2nc(N(CCCC)C3CC(C)(C)N(C)C(C)(C)C3)nc(N(CCCCCCN(c3nc(N(C)CCCC)nc(N(CCCC)CCCC)n3)C3CC(C)(C)N(C)C(C)(C)C3)C3CC(C)(C)N(C)C(C)(C)C3)n2)C2CC(C)(C)N(C)C(C)(C)C2)C2CC(C)(C)N(C)C(C)(C)C2)n1. The predicted octanol–water partition coefficient (Wildman–Crippen LogP) is 22.0. The summed E-state index contributed by atoms with van der Waals surface area (Å²) in [5.41, 5.74) is 5.48. The van der Waals surface area contributed by atoms with Crippen LogP contribution in [0.25, 0.3) is 0 Å². The lowest BCUT2D eigenvalue weighted by molar-refractivity contribution is -0.0136. The summed E-state index contributed by atoms with van der Waals surface area (Å²) in [6, 6.07) is 1.04. The molecule has 127 heavy (non-hydrogen) atoms. The van der Waals surface area contributed by atoms with Gasteiger partial charge in [-0.25, -0.2) is 0 Å². The van der Waals surface area contributed by atoms with Gasteiger partial charge in [0, 0.05) is 165 Å². The molecule has 3 aromatic rings. The minimum absolute atomic E-state index is 0.0279. The second-order valence-electron chi connectivity index (χ2n) is 46.2. The van der Waals surface area contributed by atoms with Gasteiger partial charge in [0.25, 0.3) is 0 Å². The highest BCUT2D eigenvalue weighted by atomic mass is 15.5. The third kappa shape index (κ3) is 27.8. The average Bonchev–Trinajstić information content (AvgIpc) is 0.747. The van der Waals surface area contributed by atoms with Gasteiger partial charge in [-0.15, -0.1) is 0 Å². The zero-order valence-electron chi connectivity index (χ0n) is 88.4. The molecule has 23 heteroatoms. The lowest BCUT2D eigenvalue weighted by Crippen LogP contribution is -2.63. The largest absolute Gasteiger partial charge is 0.344 e. The number of rotatable bonds is 50. The summed E-state index contributed by atoms with van der Waals surface area (Å²) in [5.74, 6) is 7.27. The number of unbranched alkanes of at least 4 members (excludes halogenated alkanes) is 13. The van der Waals surface area contributed by atoms with Gasteiger partial charge in [-0.3, -0.25) is 24.5 Å². The van der Waals surface area contributed by atoms with E-state index in [0.29, 0.717) is 5.95 Å². The van der Waals surface area contributed by atoms with Gasteiger partial charge in [0.1, 0.15) is 0 Å². The standard InChI is InChI=1S/C104H193N23/c1-35-43-59-114(29)86-105-87(120(60-44-36-2)61-45-37-3)108-90(106-86)124(82-73-97(13,14)116(31)98(15,16)74-82)67-55-51-53-57-69-126(84-77-101(21,22)118(33)102(23,24)78-84)93-111-92(123(66-50-42-8)81-71-95(9,10)115(30)96(11,12)72-81)112-94(113-93)127(85-79-103(25,26)119(34)104(27,28)80-85)70-58-54-52-56-68-125(83-75-99(17,18)117(32)100(19,20)76-83)91-109-88(121(62-46-38-4)63-47-39-5)107-89(110-91)122(64-48-40-6)65-49-41-7/h62,81-85H,4,35-37,39-45,47-61,63-80H2,1-3,5-34H3. The zero-order valence-corrected chi connectivity index (χ0v) is 88.4. The Balaban J connectivity index is 1.23. The van der Waals surface area contributed by atoms with E-state index in [4.69, 9.17) is 44.9 Å². The van der Waals surface area contributed by atoms with Gasteiger partial charge < -0.3 is 44.1 Å². The van der Waals surface area contributed by atoms with Crippen LogP contribution in [0, 0.1) is 0 Å². The van der Waals surface area contributed by atoms with Crippen molar-refractivity contribution in [3.05, 3.63) is 24.2 Å². The molecule has 724 valence electrons. The Morgan fingerprint density at radius 1 is 0.260 bits per heavy atom. The minimum Gasteiger partial charge on any atom is -0.344 e. The second-order valence-corrected chi connectivity index (χ2v) is 46.2. The fraction of sp³-hybridized carbons (Fsp3) is 0.875. The lowest BCUT2D eigenvalue weighted by atomic mass is 9.77. The smallest absolute Gasteiger partial charge is 0.236 e. The van der Waals surface area contributed by atoms with E-state index in [0.717, 1.165) is 325 Å². The topological polar surface area (TPSA) is 161 Å². The van der Waals surface area contributed by atoms with Crippen LogP contribution in [-0.4, -0.2) is 269 Å². The first-order valence-corrected chi connectivity index (χ1v) is 51.4. The molecule has 0 spiro atoms. The molecular weight excluding hydrogens is 1570 g/mol. The molecule has 5 fully saturated rings. The van der Waals surface area contributed by atoms with Gasteiger partial charge in [-0.1, -0.05) is 131 Å². The Morgan fingerprint density at radius 2 is 0.449 bits per heavy atom. The summed E-state index contributed by atoms with van der Waals surface area (Å²) < 4.78 is 0. The molecule has 0 bridgehead atoms. The first kappa shape index (κ1) is 107. The maximum atomic E-state index is 6.17. The van der Waals surface area contributed by atoms with Crippen LogP contribution < -0.4 is 44.1 Å². The summed E-state index contributed by atoms with van der Waals surface area (Å²) in [6.45, 7) is 78.9. The van der Waals surface area contributed by atoms with E-state index in [1.54, 1.807) is 0 Å². The third-order valence-corrected chi connectivity index (χ3v) is 31.8. The normalized spacial score (nSPS) is 20.9. The highest BCUT2D eigenvalue weighted by Crippen LogP contribution is 2.48. The fourth-order valence-electron chi connectivity index (χ4n) is 22.5. The Labute approximate surface area is 779 Å². The molecule has 0 aliphatic carbocycles. The molecule has 5 saturated heterocycles. The Hall–Kier alpha value is -5.67. The van der Waals surface area contributed by atoms with Gasteiger partial charge in [-0.2, -0.15) is 44.9 Å². The molecule has 0 N–H and O–H groups in total. The quantitative estimate of drug-likeness (QED) is 0.0387. The molecule has 23 nitrogen and oxygen atoms in total. The maximum Gasteiger partial charge on any atom is 0.236 e. The van der Waals surface area contributed by atoms with Crippen molar-refractivity contribution in [2.75, 3.05) is 158 Å². The summed E-state index contributed by atoms with van der Waals surface area (Å²) in [5, 5.41) is 0. The van der Waals surface area contributed by atoms with Gasteiger partial charge in [0.15, 0.2) is 0 Å². The van der Waals surface area contributed by atoms with Crippen LogP contribution in [0.5, 0.6) is 0 Å².